The number of fused-ring (bicyclic) bond motifs is 1. The Labute approximate surface area is 66.1 Å². The second-order valence-electron chi connectivity index (χ2n) is 4.36. The Morgan fingerprint density at radius 1 is 1.55 bits per heavy atom. The minimum Gasteiger partial charge on any atom is -0.356 e. The van der Waals surface area contributed by atoms with Crippen LogP contribution in [0.5, 0.6) is 0 Å². The fourth-order valence-electron chi connectivity index (χ4n) is 2.02. The molecule has 11 heavy (non-hydrogen) atoms. The Morgan fingerprint density at radius 2 is 2.18 bits per heavy atom. The van der Waals surface area contributed by atoms with Gasteiger partial charge in [0.2, 0.25) is 0 Å². The van der Waals surface area contributed by atoms with Gasteiger partial charge >= 0.3 is 0 Å². The molecule has 0 aliphatic carbocycles. The summed E-state index contributed by atoms with van der Waals surface area (Å²) in [6, 6.07) is 0. The minimum absolute atomic E-state index is 0.0451. The van der Waals surface area contributed by atoms with Gasteiger partial charge in [-0.2, -0.15) is 0 Å². The van der Waals surface area contributed by atoms with Crippen LogP contribution in [0.25, 0.3) is 0 Å². The first-order valence-electron chi connectivity index (χ1n) is 3.93. The van der Waals surface area contributed by atoms with E-state index in [2.05, 4.69) is 5.32 Å². The van der Waals surface area contributed by atoms with Crippen molar-refractivity contribution in [1.29, 1.82) is 0 Å². The number of rotatable bonds is 0. The Balaban J connectivity index is 2.21. The zero-order valence-electron chi connectivity index (χ0n) is 7.10. The fourth-order valence-corrected chi connectivity index (χ4v) is 2.02. The molecule has 0 spiro atoms. The lowest BCUT2D eigenvalue weighted by atomic mass is 9.85. The molecule has 1 amide bonds. The van der Waals surface area contributed by atoms with Crippen molar-refractivity contribution in [3.05, 3.63) is 0 Å². The molecule has 3 nitrogen and oxygen atoms in total. The Kier molecular flexibility index (Phi) is 1.04. The van der Waals surface area contributed by atoms with E-state index < -0.39 is 0 Å². The number of amides is 1. The molecule has 2 aliphatic heterocycles. The van der Waals surface area contributed by atoms with Crippen LogP contribution in [-0.4, -0.2) is 23.2 Å². The van der Waals surface area contributed by atoms with E-state index in [9.17, 15) is 4.79 Å². The van der Waals surface area contributed by atoms with Crippen LogP contribution in [0.15, 0.2) is 0 Å². The van der Waals surface area contributed by atoms with Gasteiger partial charge in [0.1, 0.15) is 5.60 Å². The van der Waals surface area contributed by atoms with E-state index in [0.29, 0.717) is 0 Å². The number of hydrogen-bond donors (Lipinski definition) is 1. The predicted molar refractivity (Wildman–Crippen MR) is 40.1 cm³/mol. The Morgan fingerprint density at radius 3 is 2.73 bits per heavy atom. The summed E-state index contributed by atoms with van der Waals surface area (Å²) in [6.45, 7) is 6.04. The number of carbonyl (C=O) groups excluding carboxylic acids is 1. The molecule has 2 aliphatic rings. The van der Waals surface area contributed by atoms with Gasteiger partial charge in [0.05, 0.1) is 0 Å². The van der Waals surface area contributed by atoms with Gasteiger partial charge in [-0.25, -0.2) is 0 Å². The summed E-state index contributed by atoms with van der Waals surface area (Å²) in [7, 11) is 0. The van der Waals surface area contributed by atoms with Gasteiger partial charge in [0, 0.05) is 12.0 Å². The zero-order valence-corrected chi connectivity index (χ0v) is 7.10. The third-order valence-corrected chi connectivity index (χ3v) is 2.38. The summed E-state index contributed by atoms with van der Waals surface area (Å²) >= 11 is 0. The molecule has 0 bridgehead atoms. The summed E-state index contributed by atoms with van der Waals surface area (Å²) in [5.41, 5.74) is -0.259. The smallest absolute Gasteiger partial charge is 0.252 e. The van der Waals surface area contributed by atoms with Crippen molar-refractivity contribution < 1.29 is 9.53 Å². The monoisotopic (exact) mass is 155 g/mol. The summed E-state index contributed by atoms with van der Waals surface area (Å²) in [5, 5.41) is 2.91. The summed E-state index contributed by atoms with van der Waals surface area (Å²) in [5.74, 6) is 0.0451. The molecule has 0 radical (unpaired) electrons. The number of piperidine rings is 1. The van der Waals surface area contributed by atoms with Crippen molar-refractivity contribution in [2.24, 2.45) is 0 Å². The molecule has 2 rings (SSSR count). The van der Waals surface area contributed by atoms with E-state index in [4.69, 9.17) is 4.74 Å². The molecule has 1 N–H and O–H groups in total. The second kappa shape index (κ2) is 1.61. The highest BCUT2D eigenvalue weighted by Crippen LogP contribution is 2.45. The van der Waals surface area contributed by atoms with Crippen LogP contribution < -0.4 is 5.32 Å². The highest BCUT2D eigenvalue weighted by Gasteiger charge is 2.62. The van der Waals surface area contributed by atoms with Crippen LogP contribution in [-0.2, 0) is 9.53 Å². The Hall–Kier alpha value is -0.570. The number of epoxide rings is 1. The van der Waals surface area contributed by atoms with E-state index in [-0.39, 0.29) is 23.2 Å². The van der Waals surface area contributed by atoms with Crippen LogP contribution in [0.1, 0.15) is 27.2 Å². The molecular formula is C8H13NO2. The lowest BCUT2D eigenvalue weighted by Crippen LogP contribution is -2.53. The predicted octanol–water partition coefficient (Wildman–Crippen LogP) is 0.442. The third-order valence-electron chi connectivity index (χ3n) is 2.38. The quantitative estimate of drug-likeness (QED) is 0.516. The topological polar surface area (TPSA) is 41.6 Å². The Bertz CT molecular complexity index is 221. The van der Waals surface area contributed by atoms with Gasteiger partial charge < -0.3 is 10.1 Å². The van der Waals surface area contributed by atoms with Crippen molar-refractivity contribution in [3.63, 3.8) is 0 Å². The molecule has 0 aromatic carbocycles. The molecule has 0 unspecified atom stereocenters. The van der Waals surface area contributed by atoms with E-state index in [1.165, 1.54) is 0 Å². The number of nitrogens with one attached hydrogen (secondary N) is 1. The van der Waals surface area contributed by atoms with E-state index >= 15 is 0 Å². The van der Waals surface area contributed by atoms with Gasteiger partial charge in [-0.15, -0.1) is 0 Å². The lowest BCUT2D eigenvalue weighted by Gasteiger charge is -2.31. The maximum Gasteiger partial charge on any atom is 0.252 e. The third kappa shape index (κ3) is 0.948. The van der Waals surface area contributed by atoms with Crippen molar-refractivity contribution in [1.82, 2.24) is 5.32 Å². The zero-order chi connectivity index (χ0) is 8.28. The summed E-state index contributed by atoms with van der Waals surface area (Å²) in [6.07, 6.45) is 0.742. The van der Waals surface area contributed by atoms with Gasteiger partial charge in [-0.05, 0) is 20.8 Å². The summed E-state index contributed by atoms with van der Waals surface area (Å²) in [4.78, 5) is 11.2. The normalized spacial score (nSPS) is 46.1. The molecule has 3 heteroatoms. The molecule has 2 heterocycles. The van der Waals surface area contributed by atoms with E-state index in [1.54, 1.807) is 0 Å². The van der Waals surface area contributed by atoms with Gasteiger partial charge in [0.15, 0.2) is 6.10 Å². The highest BCUT2D eigenvalue weighted by atomic mass is 16.6. The second-order valence-corrected chi connectivity index (χ2v) is 4.36. The first-order valence-corrected chi connectivity index (χ1v) is 3.93. The van der Waals surface area contributed by atoms with Gasteiger partial charge in [0.25, 0.3) is 5.91 Å². The van der Waals surface area contributed by atoms with Crippen LogP contribution in [0.4, 0.5) is 0 Å². The molecule has 0 saturated carbocycles. The molecule has 0 aromatic rings. The van der Waals surface area contributed by atoms with Crippen LogP contribution in [0.3, 0.4) is 0 Å². The average Bonchev–Trinajstić information content (AvgIpc) is 2.36. The maximum atomic E-state index is 11.2. The standard InChI is InChI=1S/C8H13NO2/c1-7(2)4-8(3)5(11-8)6(10)9-7/h5H,4H2,1-3H3,(H,9,10)/t5-,8-/m0/s1. The largest absolute Gasteiger partial charge is 0.356 e. The van der Waals surface area contributed by atoms with Crippen molar-refractivity contribution >= 4 is 5.91 Å². The molecule has 0 aromatic heterocycles. The summed E-state index contributed by atoms with van der Waals surface area (Å²) < 4.78 is 5.30. The number of hydrogen-bond acceptors (Lipinski definition) is 2. The molecule has 2 fully saturated rings. The SMILES string of the molecule is CC1(C)C[C@]2(C)O[C@H]2C(=O)N1. The maximum absolute atomic E-state index is 11.2. The first kappa shape index (κ1) is 7.10. The average molecular weight is 155 g/mol. The first-order chi connectivity index (χ1) is 4.93. The van der Waals surface area contributed by atoms with Crippen LogP contribution in [0, 0.1) is 0 Å². The fraction of sp³-hybridized carbons (Fsp3) is 0.875. The van der Waals surface area contributed by atoms with Crippen LogP contribution >= 0.6 is 0 Å². The molecule has 2 saturated heterocycles. The molecular weight excluding hydrogens is 142 g/mol. The lowest BCUT2D eigenvalue weighted by molar-refractivity contribution is -0.124. The van der Waals surface area contributed by atoms with E-state index in [0.717, 1.165) is 6.42 Å². The molecule has 2 atom stereocenters. The van der Waals surface area contributed by atoms with Gasteiger partial charge in [-0.1, -0.05) is 0 Å². The minimum atomic E-state index is -0.171. The van der Waals surface area contributed by atoms with Crippen LogP contribution in [0.2, 0.25) is 0 Å². The van der Waals surface area contributed by atoms with Crippen molar-refractivity contribution in [2.75, 3.05) is 0 Å². The molecule has 62 valence electrons. The van der Waals surface area contributed by atoms with Crippen molar-refractivity contribution in [2.45, 2.75) is 44.4 Å². The van der Waals surface area contributed by atoms with Gasteiger partial charge in [-0.3, -0.25) is 4.79 Å². The van der Waals surface area contributed by atoms with Crippen molar-refractivity contribution in [3.8, 4) is 0 Å². The number of carbonyl (C=O) groups is 1. The number of ether oxygens (including phenoxy) is 1. The highest BCUT2D eigenvalue weighted by molar-refractivity contribution is 5.86. The van der Waals surface area contributed by atoms with E-state index in [1.807, 2.05) is 20.8 Å².